The van der Waals surface area contributed by atoms with Crippen LogP contribution in [0.15, 0.2) is 90.0 Å². The Hall–Kier alpha value is -5.08. The molecule has 2 aromatic heterocycles. The number of fused-ring (bicyclic) bond motifs is 1. The maximum absolute atomic E-state index is 13.3. The van der Waals surface area contributed by atoms with Gasteiger partial charge in [0.2, 0.25) is 11.9 Å². The average Bonchev–Trinajstić information content (AvgIpc) is 3.65. The van der Waals surface area contributed by atoms with Gasteiger partial charge in [-0.3, -0.25) is 14.2 Å². The third-order valence-electron chi connectivity index (χ3n) is 8.79. The van der Waals surface area contributed by atoms with Crippen molar-refractivity contribution < 1.29 is 34.3 Å². The van der Waals surface area contributed by atoms with Gasteiger partial charge in [-0.2, -0.15) is 4.98 Å². The van der Waals surface area contributed by atoms with Crippen LogP contribution in [0.4, 0.5) is 5.95 Å². The van der Waals surface area contributed by atoms with Crippen LogP contribution < -0.4 is 20.8 Å². The van der Waals surface area contributed by atoms with Crippen molar-refractivity contribution in [3.05, 3.63) is 118 Å². The molecule has 1 aliphatic heterocycles. The fraction of sp³-hybridized carbons (Fsp3) is 0.286. The number of anilines is 1. The number of para-hydroxylation sites is 2. The lowest BCUT2D eigenvalue weighted by atomic mass is 9.63. The van der Waals surface area contributed by atoms with E-state index in [0.29, 0.717) is 28.2 Å². The molecule has 3 heterocycles. The zero-order valence-electron chi connectivity index (χ0n) is 26.7. The fourth-order valence-electron chi connectivity index (χ4n) is 6.52. The molecule has 5 aromatic rings. The van der Waals surface area contributed by atoms with Gasteiger partial charge in [0.15, 0.2) is 23.5 Å². The molecule has 1 saturated heterocycles. The van der Waals surface area contributed by atoms with Gasteiger partial charge in [-0.25, -0.2) is 9.55 Å². The zero-order chi connectivity index (χ0) is 34.3. The Balaban J connectivity index is 1.54. The number of aromatic nitrogens is 4. The van der Waals surface area contributed by atoms with E-state index in [-0.39, 0.29) is 17.1 Å². The molecule has 4 atom stereocenters. The van der Waals surface area contributed by atoms with E-state index >= 15 is 0 Å². The van der Waals surface area contributed by atoms with E-state index in [1.807, 2.05) is 30.3 Å². The van der Waals surface area contributed by atoms with Crippen LogP contribution in [0.1, 0.15) is 41.6 Å². The average molecular weight is 655 g/mol. The number of hydrogen-bond donors (Lipinski definition) is 4. The molecule has 5 N–H and O–H groups in total. The lowest BCUT2D eigenvalue weighted by Crippen LogP contribution is -2.50. The van der Waals surface area contributed by atoms with Gasteiger partial charge in [-0.15, -0.1) is 0 Å². The van der Waals surface area contributed by atoms with Crippen LogP contribution >= 0.6 is 0 Å². The van der Waals surface area contributed by atoms with E-state index in [2.05, 4.69) is 9.97 Å². The topological polar surface area (TPSA) is 184 Å². The van der Waals surface area contributed by atoms with Crippen LogP contribution in [-0.2, 0) is 10.2 Å². The van der Waals surface area contributed by atoms with Crippen molar-refractivity contribution in [2.24, 2.45) is 5.92 Å². The Labute approximate surface area is 275 Å². The number of carbonyl (C=O) groups is 1. The second-order valence-electron chi connectivity index (χ2n) is 11.8. The monoisotopic (exact) mass is 654 g/mol. The quantitative estimate of drug-likeness (QED) is 0.171. The number of nitrogen functional groups attached to an aromatic ring is 1. The first kappa shape index (κ1) is 32.8. The Kier molecular flexibility index (Phi) is 8.79. The van der Waals surface area contributed by atoms with Crippen molar-refractivity contribution in [2.45, 2.75) is 43.8 Å². The molecule has 0 bridgehead atoms. The van der Waals surface area contributed by atoms with E-state index in [0.717, 1.165) is 4.57 Å². The van der Waals surface area contributed by atoms with Crippen molar-refractivity contribution in [1.82, 2.24) is 19.1 Å². The maximum atomic E-state index is 13.3. The Morgan fingerprint density at radius 1 is 0.958 bits per heavy atom. The number of ether oxygens (including phenoxy) is 3. The number of methoxy groups -OCH3 is 2. The van der Waals surface area contributed by atoms with Crippen LogP contribution in [0.2, 0.25) is 0 Å². The summed E-state index contributed by atoms with van der Waals surface area (Å²) in [5.41, 5.74) is 5.15. The molecule has 13 nitrogen and oxygen atoms in total. The number of nitrogens with zero attached hydrogens (tertiary/aromatic N) is 4. The summed E-state index contributed by atoms with van der Waals surface area (Å²) in [4.78, 5) is 34.4. The van der Waals surface area contributed by atoms with Crippen molar-refractivity contribution in [2.75, 3.05) is 20.0 Å². The lowest BCUT2D eigenvalue weighted by molar-refractivity contribution is -0.0883. The molecule has 0 spiro atoms. The summed E-state index contributed by atoms with van der Waals surface area (Å²) in [6.07, 6.45) is -5.62. The molecule has 1 fully saturated rings. The number of aliphatic hydroxyl groups excluding tert-OH is 3. The first-order valence-electron chi connectivity index (χ1n) is 15.3. The van der Waals surface area contributed by atoms with Gasteiger partial charge in [0.25, 0.3) is 5.56 Å². The Morgan fingerprint density at radius 3 is 2.08 bits per heavy atom. The molecule has 0 amide bonds. The summed E-state index contributed by atoms with van der Waals surface area (Å²) in [6.45, 7) is 3.24. The van der Waals surface area contributed by atoms with Crippen LogP contribution in [0.5, 0.6) is 11.5 Å². The largest absolute Gasteiger partial charge is 0.496 e. The van der Waals surface area contributed by atoms with Gasteiger partial charge in [0.1, 0.15) is 29.8 Å². The van der Waals surface area contributed by atoms with E-state index < -0.39 is 53.4 Å². The minimum Gasteiger partial charge on any atom is -0.496 e. The maximum Gasteiger partial charge on any atom is 0.289 e. The SMILES string of the molecule is COc1ccccc1C(c1ccccc1)(c1ccccc1OC)C(O)[C@H]1O[C@@H](n2cnc3c(=O)n(C(=O)C(C)C)c(N)nc32)[C@H](O)[C]1O. The summed E-state index contributed by atoms with van der Waals surface area (Å²) in [7, 11) is 3.04. The molecule has 0 saturated carbocycles. The second-order valence-corrected chi connectivity index (χ2v) is 11.8. The smallest absolute Gasteiger partial charge is 0.289 e. The highest BCUT2D eigenvalue weighted by Gasteiger charge is 2.57. The van der Waals surface area contributed by atoms with Crippen LogP contribution in [0, 0.1) is 12.0 Å². The second kappa shape index (κ2) is 12.8. The van der Waals surface area contributed by atoms with Crippen molar-refractivity contribution in [3.63, 3.8) is 0 Å². The van der Waals surface area contributed by atoms with Crippen LogP contribution in [0.25, 0.3) is 11.2 Å². The minimum absolute atomic E-state index is 0.0823. The normalized spacial score (nSPS) is 19.1. The van der Waals surface area contributed by atoms with Crippen molar-refractivity contribution in [1.29, 1.82) is 0 Å². The molecule has 0 aliphatic carbocycles. The zero-order valence-corrected chi connectivity index (χ0v) is 26.7. The van der Waals surface area contributed by atoms with Crippen molar-refractivity contribution >= 4 is 23.0 Å². The highest BCUT2D eigenvalue weighted by atomic mass is 16.6. The van der Waals surface area contributed by atoms with Gasteiger partial charge in [0.05, 0.1) is 26.0 Å². The highest BCUT2D eigenvalue weighted by Crippen LogP contribution is 2.52. The number of carbonyl (C=O) groups excluding carboxylic acids is 1. The molecule has 1 radical (unpaired) electrons. The molecular weight excluding hydrogens is 618 g/mol. The predicted octanol–water partition coefficient (Wildman–Crippen LogP) is 3.05. The lowest BCUT2D eigenvalue weighted by Gasteiger charge is -2.43. The minimum atomic E-state index is -1.70. The number of nitrogens with two attached hydrogens (primary N) is 1. The van der Waals surface area contributed by atoms with E-state index in [1.165, 1.54) is 25.1 Å². The molecule has 1 aliphatic rings. The van der Waals surface area contributed by atoms with Gasteiger partial charge in [0, 0.05) is 17.0 Å². The predicted molar refractivity (Wildman–Crippen MR) is 175 cm³/mol. The van der Waals surface area contributed by atoms with Gasteiger partial charge >= 0.3 is 0 Å². The molecule has 13 heteroatoms. The summed E-state index contributed by atoms with van der Waals surface area (Å²) >= 11 is 0. The number of benzene rings is 3. The molecule has 1 unspecified atom stereocenters. The van der Waals surface area contributed by atoms with Crippen molar-refractivity contribution in [3.8, 4) is 11.5 Å². The Morgan fingerprint density at radius 2 is 1.52 bits per heavy atom. The van der Waals surface area contributed by atoms with Gasteiger partial charge in [-0.1, -0.05) is 80.6 Å². The summed E-state index contributed by atoms with van der Waals surface area (Å²) in [5.74, 6) is -0.600. The van der Waals surface area contributed by atoms with E-state index in [4.69, 9.17) is 19.9 Å². The van der Waals surface area contributed by atoms with Crippen LogP contribution in [0.3, 0.4) is 0 Å². The molecular formula is C35H36N5O8. The van der Waals surface area contributed by atoms with Crippen LogP contribution in [-0.4, -0.2) is 72.9 Å². The van der Waals surface area contributed by atoms with Gasteiger partial charge in [-0.05, 0) is 17.7 Å². The molecule has 249 valence electrons. The highest BCUT2D eigenvalue weighted by molar-refractivity contribution is 5.86. The van der Waals surface area contributed by atoms with Gasteiger partial charge < -0.3 is 35.3 Å². The summed E-state index contributed by atoms with van der Waals surface area (Å²) in [6, 6.07) is 23.5. The third-order valence-corrected chi connectivity index (χ3v) is 8.79. The third kappa shape index (κ3) is 5.02. The number of imidazole rings is 1. The van der Waals surface area contributed by atoms with E-state index in [1.54, 1.807) is 62.4 Å². The molecule has 48 heavy (non-hydrogen) atoms. The first-order chi connectivity index (χ1) is 23.1. The summed E-state index contributed by atoms with van der Waals surface area (Å²) in [5, 5.41) is 35.7. The standard InChI is InChI=1S/C35H36N5O8/c1-19(2)31(44)40-32(45)25-30(38-34(40)36)39(18-37-25)33-27(42)26(41)28(48-33)29(43)35(20-12-6-5-7-13-20,21-14-8-10-16-23(21)46-3)22-15-9-11-17-24(22)47-4/h5-19,27-29,33,41-43H,1-4H3,(H2,36,38)/t27-,28+,29?,33-/m1/s1. The number of hydrogen-bond acceptors (Lipinski definition) is 11. The first-order valence-corrected chi connectivity index (χ1v) is 15.3. The van der Waals surface area contributed by atoms with E-state index in [9.17, 15) is 24.9 Å². The molecule has 3 aromatic carbocycles. The summed E-state index contributed by atoms with van der Waals surface area (Å²) < 4.78 is 19.9. The fourth-order valence-corrected chi connectivity index (χ4v) is 6.52. The number of rotatable bonds is 9. The number of aliphatic hydroxyl groups is 3. The molecule has 6 rings (SSSR count). The Bertz CT molecular complexity index is 1960.